The maximum atomic E-state index is 11.2. The number of likely N-dealkylation sites (tertiary alicyclic amines) is 1. The quantitative estimate of drug-likeness (QED) is 0.872. The molecule has 1 heterocycles. The van der Waals surface area contributed by atoms with Crippen LogP contribution in [0.4, 0.5) is 0 Å². The summed E-state index contributed by atoms with van der Waals surface area (Å²) in [7, 11) is 1.62. The Bertz CT molecular complexity index is 489. The van der Waals surface area contributed by atoms with Crippen LogP contribution in [0.1, 0.15) is 24.8 Å². The van der Waals surface area contributed by atoms with Crippen LogP contribution in [0.15, 0.2) is 18.2 Å². The molecule has 1 fully saturated rings. The molecule has 116 valence electrons. The van der Waals surface area contributed by atoms with Gasteiger partial charge in [0, 0.05) is 6.54 Å². The molecule has 0 amide bonds. The molecule has 1 aromatic carbocycles. The lowest BCUT2D eigenvalue weighted by atomic mass is 10.0. The van der Waals surface area contributed by atoms with E-state index in [4.69, 9.17) is 9.47 Å². The smallest absolute Gasteiger partial charge is 0.320 e. The fourth-order valence-corrected chi connectivity index (χ4v) is 2.71. The lowest BCUT2D eigenvalue weighted by molar-refractivity contribution is -0.144. The number of carboxylic acids is 1. The molecule has 0 saturated carbocycles. The van der Waals surface area contributed by atoms with Gasteiger partial charge in [-0.3, -0.25) is 9.69 Å². The van der Waals surface area contributed by atoms with E-state index in [1.165, 1.54) is 0 Å². The molecule has 1 saturated heterocycles. The van der Waals surface area contributed by atoms with E-state index in [1.54, 1.807) is 7.11 Å². The lowest BCUT2D eigenvalue weighted by Gasteiger charge is -2.32. The summed E-state index contributed by atoms with van der Waals surface area (Å²) >= 11 is 0. The summed E-state index contributed by atoms with van der Waals surface area (Å²) < 4.78 is 11.0. The maximum absolute atomic E-state index is 11.2. The average molecular weight is 293 g/mol. The van der Waals surface area contributed by atoms with Crippen molar-refractivity contribution in [2.75, 3.05) is 26.8 Å². The van der Waals surface area contributed by atoms with Crippen LogP contribution in [0.5, 0.6) is 11.5 Å². The number of hydrogen-bond donors (Lipinski definition) is 1. The van der Waals surface area contributed by atoms with Gasteiger partial charge in [-0.2, -0.15) is 0 Å². The second kappa shape index (κ2) is 7.31. The molecule has 0 aliphatic carbocycles. The molecule has 1 atom stereocenters. The van der Waals surface area contributed by atoms with E-state index >= 15 is 0 Å². The van der Waals surface area contributed by atoms with Crippen molar-refractivity contribution in [2.45, 2.75) is 32.2 Å². The lowest BCUT2D eigenvalue weighted by Crippen LogP contribution is -2.46. The number of piperidine rings is 1. The van der Waals surface area contributed by atoms with E-state index in [0.717, 1.165) is 31.4 Å². The number of ether oxygens (including phenoxy) is 2. The second-order valence-corrected chi connectivity index (χ2v) is 5.39. The molecule has 21 heavy (non-hydrogen) atoms. The maximum Gasteiger partial charge on any atom is 0.320 e. The third kappa shape index (κ3) is 4.11. The first-order chi connectivity index (χ1) is 10.1. The highest BCUT2D eigenvalue weighted by molar-refractivity contribution is 5.73. The molecule has 1 aromatic rings. The van der Waals surface area contributed by atoms with Crippen LogP contribution in [-0.2, 0) is 4.79 Å². The number of hydrogen-bond acceptors (Lipinski definition) is 4. The Balaban J connectivity index is 1.90. The zero-order valence-corrected chi connectivity index (χ0v) is 12.7. The van der Waals surface area contributed by atoms with Gasteiger partial charge < -0.3 is 14.6 Å². The van der Waals surface area contributed by atoms with E-state index in [0.29, 0.717) is 24.7 Å². The van der Waals surface area contributed by atoms with E-state index in [-0.39, 0.29) is 6.04 Å². The fourth-order valence-electron chi connectivity index (χ4n) is 2.71. The highest BCUT2D eigenvalue weighted by Gasteiger charge is 2.27. The van der Waals surface area contributed by atoms with Crippen LogP contribution in [-0.4, -0.2) is 48.8 Å². The third-order valence-corrected chi connectivity index (χ3v) is 3.85. The van der Waals surface area contributed by atoms with Crippen molar-refractivity contribution in [1.29, 1.82) is 0 Å². The van der Waals surface area contributed by atoms with Crippen molar-refractivity contribution < 1.29 is 19.4 Å². The molecule has 0 spiro atoms. The molecule has 0 radical (unpaired) electrons. The number of rotatable bonds is 6. The number of benzene rings is 1. The van der Waals surface area contributed by atoms with Gasteiger partial charge >= 0.3 is 5.97 Å². The Kier molecular flexibility index (Phi) is 5.44. The number of methoxy groups -OCH3 is 1. The summed E-state index contributed by atoms with van der Waals surface area (Å²) in [5.41, 5.74) is 1.11. The Morgan fingerprint density at radius 3 is 2.90 bits per heavy atom. The van der Waals surface area contributed by atoms with Gasteiger partial charge in [0.15, 0.2) is 11.5 Å². The first-order valence-electron chi connectivity index (χ1n) is 7.36. The summed E-state index contributed by atoms with van der Waals surface area (Å²) in [6.07, 6.45) is 2.76. The van der Waals surface area contributed by atoms with Crippen molar-refractivity contribution in [2.24, 2.45) is 0 Å². The Morgan fingerprint density at radius 1 is 1.38 bits per heavy atom. The number of aliphatic carboxylic acids is 1. The molecule has 5 heteroatoms. The third-order valence-electron chi connectivity index (χ3n) is 3.85. The number of carbonyl (C=O) groups is 1. The molecule has 5 nitrogen and oxygen atoms in total. The molecule has 1 aliphatic heterocycles. The molecular formula is C16H23NO4. The van der Waals surface area contributed by atoms with Gasteiger partial charge in [0.2, 0.25) is 0 Å². The van der Waals surface area contributed by atoms with E-state index in [2.05, 4.69) is 0 Å². The minimum atomic E-state index is -0.734. The molecule has 0 aromatic heterocycles. The second-order valence-electron chi connectivity index (χ2n) is 5.39. The van der Waals surface area contributed by atoms with Crippen molar-refractivity contribution in [3.63, 3.8) is 0 Å². The highest BCUT2D eigenvalue weighted by Crippen LogP contribution is 2.27. The van der Waals surface area contributed by atoms with Gasteiger partial charge in [-0.05, 0) is 44.0 Å². The molecular weight excluding hydrogens is 270 g/mol. The van der Waals surface area contributed by atoms with Crippen LogP contribution < -0.4 is 9.47 Å². The van der Waals surface area contributed by atoms with Crippen LogP contribution >= 0.6 is 0 Å². The van der Waals surface area contributed by atoms with E-state index in [1.807, 2.05) is 30.0 Å². The topological polar surface area (TPSA) is 59.0 Å². The van der Waals surface area contributed by atoms with Crippen LogP contribution in [0, 0.1) is 6.92 Å². The van der Waals surface area contributed by atoms with Crippen LogP contribution in [0.3, 0.4) is 0 Å². The van der Waals surface area contributed by atoms with Gasteiger partial charge in [-0.1, -0.05) is 12.5 Å². The Labute approximate surface area is 125 Å². The summed E-state index contributed by atoms with van der Waals surface area (Å²) in [4.78, 5) is 13.2. The van der Waals surface area contributed by atoms with Crippen molar-refractivity contribution in [3.8, 4) is 11.5 Å². The summed E-state index contributed by atoms with van der Waals surface area (Å²) in [6, 6.07) is 5.41. The summed E-state index contributed by atoms with van der Waals surface area (Å²) in [6.45, 7) is 3.90. The van der Waals surface area contributed by atoms with E-state index < -0.39 is 5.97 Å². The summed E-state index contributed by atoms with van der Waals surface area (Å²) in [5.74, 6) is 0.679. The first kappa shape index (κ1) is 15.6. The molecule has 1 aliphatic rings. The average Bonchev–Trinajstić information content (AvgIpc) is 2.49. The van der Waals surface area contributed by atoms with E-state index in [9.17, 15) is 9.90 Å². The summed E-state index contributed by atoms with van der Waals surface area (Å²) in [5, 5.41) is 9.24. The van der Waals surface area contributed by atoms with Gasteiger partial charge in [0.05, 0.1) is 7.11 Å². The van der Waals surface area contributed by atoms with Gasteiger partial charge in [-0.25, -0.2) is 0 Å². The largest absolute Gasteiger partial charge is 0.493 e. The Hall–Kier alpha value is -1.75. The minimum Gasteiger partial charge on any atom is -0.493 e. The first-order valence-corrected chi connectivity index (χ1v) is 7.36. The number of aryl methyl sites for hydroxylation is 1. The molecule has 1 unspecified atom stereocenters. The predicted molar refractivity (Wildman–Crippen MR) is 80.1 cm³/mol. The van der Waals surface area contributed by atoms with Gasteiger partial charge in [0.1, 0.15) is 12.6 Å². The zero-order chi connectivity index (χ0) is 15.2. The number of nitrogens with zero attached hydrogens (tertiary/aromatic N) is 1. The number of carboxylic acid groups (broad SMARTS) is 1. The highest BCUT2D eigenvalue weighted by atomic mass is 16.5. The van der Waals surface area contributed by atoms with Crippen molar-refractivity contribution in [3.05, 3.63) is 23.8 Å². The fraction of sp³-hybridized carbons (Fsp3) is 0.562. The molecule has 2 rings (SSSR count). The SMILES string of the molecule is COc1cc(C)ccc1OCCN1CCCCC1C(=O)O. The molecule has 1 N–H and O–H groups in total. The monoisotopic (exact) mass is 293 g/mol. The van der Waals surface area contributed by atoms with Gasteiger partial charge in [0.25, 0.3) is 0 Å². The predicted octanol–water partition coefficient (Wildman–Crippen LogP) is 2.32. The van der Waals surface area contributed by atoms with Gasteiger partial charge in [-0.15, -0.1) is 0 Å². The zero-order valence-electron chi connectivity index (χ0n) is 12.7. The van der Waals surface area contributed by atoms with Crippen molar-refractivity contribution in [1.82, 2.24) is 4.90 Å². The van der Waals surface area contributed by atoms with Crippen LogP contribution in [0.2, 0.25) is 0 Å². The van der Waals surface area contributed by atoms with Crippen LogP contribution in [0.25, 0.3) is 0 Å². The minimum absolute atomic E-state index is 0.373. The standard InChI is InChI=1S/C16H23NO4/c1-12-6-7-14(15(11-12)20-2)21-10-9-17-8-4-3-5-13(17)16(18)19/h6-7,11,13H,3-5,8-10H2,1-2H3,(H,18,19). The van der Waals surface area contributed by atoms with Crippen molar-refractivity contribution >= 4 is 5.97 Å². The normalized spacial score (nSPS) is 19.2. The molecule has 0 bridgehead atoms. The Morgan fingerprint density at radius 2 is 2.19 bits per heavy atom.